The summed E-state index contributed by atoms with van der Waals surface area (Å²) in [5.41, 5.74) is 0. The SMILES string of the molecule is CCCNc1cc(NCc2ccco2)nc(C(F)(F)F)n1. The Morgan fingerprint density at radius 3 is 2.48 bits per heavy atom. The second kappa shape index (κ2) is 6.47. The van der Waals surface area contributed by atoms with E-state index in [1.165, 1.54) is 12.3 Å². The lowest BCUT2D eigenvalue weighted by Crippen LogP contribution is -2.15. The maximum atomic E-state index is 12.8. The molecular weight excluding hydrogens is 285 g/mol. The van der Waals surface area contributed by atoms with Crippen molar-refractivity contribution in [2.75, 3.05) is 17.2 Å². The van der Waals surface area contributed by atoms with Crippen LogP contribution in [-0.2, 0) is 12.7 Å². The van der Waals surface area contributed by atoms with Crippen LogP contribution in [0.3, 0.4) is 0 Å². The Morgan fingerprint density at radius 1 is 1.19 bits per heavy atom. The predicted octanol–water partition coefficient (Wildman–Crippen LogP) is 3.52. The molecule has 0 unspecified atom stereocenters. The van der Waals surface area contributed by atoms with Gasteiger partial charge < -0.3 is 15.1 Å². The van der Waals surface area contributed by atoms with Crippen LogP contribution in [0.2, 0.25) is 0 Å². The van der Waals surface area contributed by atoms with E-state index in [-0.39, 0.29) is 18.2 Å². The maximum Gasteiger partial charge on any atom is 0.451 e. The lowest BCUT2D eigenvalue weighted by molar-refractivity contribution is -0.144. The minimum absolute atomic E-state index is 0.0901. The van der Waals surface area contributed by atoms with Crippen LogP contribution in [-0.4, -0.2) is 16.5 Å². The Morgan fingerprint density at radius 2 is 1.90 bits per heavy atom. The van der Waals surface area contributed by atoms with Gasteiger partial charge in [0.05, 0.1) is 12.8 Å². The summed E-state index contributed by atoms with van der Waals surface area (Å²) in [7, 11) is 0. The summed E-state index contributed by atoms with van der Waals surface area (Å²) in [6.45, 7) is 2.69. The third-order valence-corrected chi connectivity index (χ3v) is 2.56. The number of nitrogens with zero attached hydrogens (tertiary/aromatic N) is 2. The lowest BCUT2D eigenvalue weighted by atomic mass is 10.4. The highest BCUT2D eigenvalue weighted by molar-refractivity contribution is 5.48. The molecule has 2 rings (SSSR count). The summed E-state index contributed by atoms with van der Waals surface area (Å²) in [6, 6.07) is 4.86. The molecule has 2 N–H and O–H groups in total. The van der Waals surface area contributed by atoms with Gasteiger partial charge in [0.1, 0.15) is 17.4 Å². The molecule has 0 radical (unpaired) electrons. The number of nitrogens with one attached hydrogen (secondary N) is 2. The number of anilines is 2. The first-order valence-electron chi connectivity index (χ1n) is 6.45. The van der Waals surface area contributed by atoms with Crippen molar-refractivity contribution in [1.29, 1.82) is 0 Å². The molecule has 5 nitrogen and oxygen atoms in total. The van der Waals surface area contributed by atoms with Gasteiger partial charge in [0.2, 0.25) is 5.82 Å². The van der Waals surface area contributed by atoms with E-state index < -0.39 is 12.0 Å². The van der Waals surface area contributed by atoms with Gasteiger partial charge in [-0.25, -0.2) is 9.97 Å². The molecule has 0 spiro atoms. The Kier molecular flexibility index (Phi) is 4.66. The Labute approximate surface area is 119 Å². The van der Waals surface area contributed by atoms with Gasteiger partial charge in [0, 0.05) is 12.6 Å². The van der Waals surface area contributed by atoms with Crippen LogP contribution in [0.25, 0.3) is 0 Å². The average molecular weight is 300 g/mol. The fourth-order valence-corrected chi connectivity index (χ4v) is 1.60. The monoisotopic (exact) mass is 300 g/mol. The molecule has 21 heavy (non-hydrogen) atoms. The highest BCUT2D eigenvalue weighted by Gasteiger charge is 2.35. The van der Waals surface area contributed by atoms with Gasteiger partial charge in [-0.15, -0.1) is 0 Å². The number of halogens is 3. The maximum absolute atomic E-state index is 12.8. The number of aromatic nitrogens is 2. The van der Waals surface area contributed by atoms with Crippen LogP contribution in [0, 0.1) is 0 Å². The van der Waals surface area contributed by atoms with Crippen molar-refractivity contribution in [3.8, 4) is 0 Å². The minimum Gasteiger partial charge on any atom is -0.467 e. The lowest BCUT2D eigenvalue weighted by Gasteiger charge is -2.12. The topological polar surface area (TPSA) is 63.0 Å². The second-order valence-corrected chi connectivity index (χ2v) is 4.32. The van der Waals surface area contributed by atoms with Crippen LogP contribution < -0.4 is 10.6 Å². The summed E-state index contributed by atoms with van der Waals surface area (Å²) in [4.78, 5) is 6.96. The van der Waals surface area contributed by atoms with Crippen molar-refractivity contribution in [2.45, 2.75) is 26.1 Å². The molecule has 0 bridgehead atoms. The molecule has 0 atom stereocenters. The first kappa shape index (κ1) is 15.1. The van der Waals surface area contributed by atoms with Crippen LogP contribution >= 0.6 is 0 Å². The summed E-state index contributed by atoms with van der Waals surface area (Å²) in [5.74, 6) is -0.343. The van der Waals surface area contributed by atoms with E-state index in [2.05, 4.69) is 20.6 Å². The zero-order valence-electron chi connectivity index (χ0n) is 11.4. The minimum atomic E-state index is -4.59. The van der Waals surface area contributed by atoms with Crippen LogP contribution in [0.1, 0.15) is 24.9 Å². The van der Waals surface area contributed by atoms with Gasteiger partial charge in [-0.05, 0) is 18.6 Å². The summed E-state index contributed by atoms with van der Waals surface area (Å²) in [6.07, 6.45) is -2.32. The fourth-order valence-electron chi connectivity index (χ4n) is 1.60. The van der Waals surface area contributed by atoms with E-state index in [1.54, 1.807) is 12.1 Å². The zero-order chi connectivity index (χ0) is 15.3. The Hall–Kier alpha value is -2.25. The highest BCUT2D eigenvalue weighted by Crippen LogP contribution is 2.28. The Balaban J connectivity index is 2.17. The molecule has 2 aromatic rings. The quantitative estimate of drug-likeness (QED) is 0.854. The van der Waals surface area contributed by atoms with E-state index in [4.69, 9.17) is 4.42 Å². The van der Waals surface area contributed by atoms with Crippen LogP contribution in [0.5, 0.6) is 0 Å². The van der Waals surface area contributed by atoms with E-state index in [0.717, 1.165) is 6.42 Å². The van der Waals surface area contributed by atoms with Gasteiger partial charge in [-0.2, -0.15) is 13.2 Å². The van der Waals surface area contributed by atoms with Crippen molar-refractivity contribution in [3.05, 3.63) is 36.0 Å². The van der Waals surface area contributed by atoms with Gasteiger partial charge in [0.15, 0.2) is 0 Å². The molecule has 2 aromatic heterocycles. The molecule has 0 aromatic carbocycles. The largest absolute Gasteiger partial charge is 0.467 e. The van der Waals surface area contributed by atoms with Gasteiger partial charge >= 0.3 is 6.18 Å². The molecule has 114 valence electrons. The number of rotatable bonds is 6. The van der Waals surface area contributed by atoms with E-state index in [0.29, 0.717) is 12.3 Å². The van der Waals surface area contributed by atoms with Gasteiger partial charge in [0.25, 0.3) is 0 Å². The number of hydrogen-bond donors (Lipinski definition) is 2. The zero-order valence-corrected chi connectivity index (χ0v) is 11.4. The summed E-state index contributed by atoms with van der Waals surface area (Å²) < 4.78 is 43.5. The molecule has 0 saturated heterocycles. The molecule has 0 saturated carbocycles. The normalized spacial score (nSPS) is 11.4. The first-order valence-corrected chi connectivity index (χ1v) is 6.45. The van der Waals surface area contributed by atoms with Crippen molar-refractivity contribution < 1.29 is 17.6 Å². The third-order valence-electron chi connectivity index (χ3n) is 2.56. The molecule has 0 aliphatic rings. The Bertz CT molecular complexity index is 569. The highest BCUT2D eigenvalue weighted by atomic mass is 19.4. The van der Waals surface area contributed by atoms with Gasteiger partial charge in [-0.3, -0.25) is 0 Å². The van der Waals surface area contributed by atoms with Crippen molar-refractivity contribution >= 4 is 11.6 Å². The van der Waals surface area contributed by atoms with Crippen molar-refractivity contribution in [3.63, 3.8) is 0 Å². The van der Waals surface area contributed by atoms with Crippen molar-refractivity contribution in [2.24, 2.45) is 0 Å². The smallest absolute Gasteiger partial charge is 0.451 e. The molecular formula is C13H15F3N4O. The standard InChI is InChI=1S/C13H15F3N4O/c1-2-5-17-10-7-11(18-8-9-4-3-6-21-9)20-12(19-10)13(14,15)16/h3-4,6-7H,2,5,8H2,1H3,(H2,17,18,19,20). The number of hydrogen-bond acceptors (Lipinski definition) is 5. The molecule has 8 heteroatoms. The molecule has 2 heterocycles. The average Bonchev–Trinajstić information content (AvgIpc) is 2.95. The fraction of sp³-hybridized carbons (Fsp3) is 0.385. The van der Waals surface area contributed by atoms with Crippen LogP contribution in [0.4, 0.5) is 24.8 Å². The first-order chi connectivity index (χ1) is 9.99. The molecule has 0 aliphatic heterocycles. The summed E-state index contributed by atoms with van der Waals surface area (Å²) in [5, 5.41) is 5.62. The van der Waals surface area contributed by atoms with E-state index in [1.807, 2.05) is 6.92 Å². The van der Waals surface area contributed by atoms with Gasteiger partial charge in [-0.1, -0.05) is 6.92 Å². The van der Waals surface area contributed by atoms with Crippen LogP contribution in [0.15, 0.2) is 28.9 Å². The number of alkyl halides is 3. The number of furan rings is 1. The molecule has 0 fully saturated rings. The molecule has 0 aliphatic carbocycles. The third kappa shape index (κ3) is 4.37. The van der Waals surface area contributed by atoms with Crippen molar-refractivity contribution in [1.82, 2.24) is 9.97 Å². The molecule has 0 amide bonds. The van der Waals surface area contributed by atoms with E-state index >= 15 is 0 Å². The van der Waals surface area contributed by atoms with E-state index in [9.17, 15) is 13.2 Å². The predicted molar refractivity (Wildman–Crippen MR) is 71.8 cm³/mol. The summed E-state index contributed by atoms with van der Waals surface area (Å²) >= 11 is 0. The second-order valence-electron chi connectivity index (χ2n) is 4.32.